The number of hydrogen-bond donors (Lipinski definition) is 1. The maximum Gasteiger partial charge on any atom is 0.162 e. The normalized spacial score (nSPS) is 13.9. The van der Waals surface area contributed by atoms with Gasteiger partial charge >= 0.3 is 0 Å². The molecule has 2 aromatic rings. The topological polar surface area (TPSA) is 47.0 Å². The standard InChI is InChI=1S/C16H18ClN3O/c1-3-18-15-13-9-21-7-6-14(13)19-16(20-15)12-5-4-11(17)8-10(12)2/h4-5,8H,3,6-7,9H2,1-2H3,(H,18,19,20). The van der Waals surface area contributed by atoms with Gasteiger partial charge in [0.1, 0.15) is 5.82 Å². The van der Waals surface area contributed by atoms with E-state index in [9.17, 15) is 0 Å². The van der Waals surface area contributed by atoms with Gasteiger partial charge in [0.05, 0.1) is 18.9 Å². The van der Waals surface area contributed by atoms with Gasteiger partial charge in [-0.15, -0.1) is 0 Å². The monoisotopic (exact) mass is 303 g/mol. The zero-order chi connectivity index (χ0) is 14.8. The predicted molar refractivity (Wildman–Crippen MR) is 84.7 cm³/mol. The summed E-state index contributed by atoms with van der Waals surface area (Å²) in [6.07, 6.45) is 0.829. The highest BCUT2D eigenvalue weighted by Crippen LogP contribution is 2.28. The Balaban J connectivity index is 2.12. The smallest absolute Gasteiger partial charge is 0.162 e. The quantitative estimate of drug-likeness (QED) is 0.941. The van der Waals surface area contributed by atoms with E-state index in [1.165, 1.54) is 0 Å². The van der Waals surface area contributed by atoms with E-state index in [-0.39, 0.29) is 0 Å². The van der Waals surface area contributed by atoms with Crippen LogP contribution in [-0.4, -0.2) is 23.1 Å². The van der Waals surface area contributed by atoms with Gasteiger partial charge in [-0.05, 0) is 37.6 Å². The molecule has 0 unspecified atom stereocenters. The number of rotatable bonds is 3. The van der Waals surface area contributed by atoms with E-state index in [2.05, 4.69) is 12.2 Å². The summed E-state index contributed by atoms with van der Waals surface area (Å²) in [5, 5.41) is 4.05. The summed E-state index contributed by atoms with van der Waals surface area (Å²) in [6, 6.07) is 5.80. The molecule has 5 heteroatoms. The third-order valence-electron chi connectivity index (χ3n) is 3.60. The fourth-order valence-corrected chi connectivity index (χ4v) is 2.77. The molecular formula is C16H18ClN3O. The molecule has 4 nitrogen and oxygen atoms in total. The molecule has 0 atom stereocenters. The van der Waals surface area contributed by atoms with Crippen LogP contribution in [-0.2, 0) is 17.8 Å². The van der Waals surface area contributed by atoms with Crippen LogP contribution in [0.25, 0.3) is 11.4 Å². The number of ether oxygens (including phenoxy) is 1. The summed E-state index contributed by atoms with van der Waals surface area (Å²) in [7, 11) is 0. The molecule has 0 saturated heterocycles. The molecule has 1 aromatic heterocycles. The Kier molecular flexibility index (Phi) is 4.08. The molecule has 0 aliphatic carbocycles. The maximum atomic E-state index is 6.03. The molecule has 1 N–H and O–H groups in total. The van der Waals surface area contributed by atoms with Gasteiger partial charge in [-0.3, -0.25) is 0 Å². The van der Waals surface area contributed by atoms with E-state index < -0.39 is 0 Å². The molecule has 1 aromatic carbocycles. The molecule has 0 spiro atoms. The second-order valence-corrected chi connectivity index (χ2v) is 5.55. The molecule has 110 valence electrons. The first-order valence-electron chi connectivity index (χ1n) is 7.17. The lowest BCUT2D eigenvalue weighted by Crippen LogP contribution is -2.17. The Bertz CT molecular complexity index is 673. The minimum absolute atomic E-state index is 0.581. The van der Waals surface area contributed by atoms with Crippen LogP contribution in [0.1, 0.15) is 23.7 Å². The van der Waals surface area contributed by atoms with Gasteiger partial charge in [-0.25, -0.2) is 9.97 Å². The zero-order valence-electron chi connectivity index (χ0n) is 12.2. The summed E-state index contributed by atoms with van der Waals surface area (Å²) in [6.45, 7) is 6.21. The number of halogens is 1. The zero-order valence-corrected chi connectivity index (χ0v) is 13.0. The Morgan fingerprint density at radius 2 is 2.19 bits per heavy atom. The van der Waals surface area contributed by atoms with Gasteiger partial charge in [0.25, 0.3) is 0 Å². The highest BCUT2D eigenvalue weighted by molar-refractivity contribution is 6.30. The SMILES string of the molecule is CCNc1nc(-c2ccc(Cl)cc2C)nc2c1COCC2. The lowest BCUT2D eigenvalue weighted by Gasteiger charge is -2.20. The Morgan fingerprint density at radius 1 is 1.33 bits per heavy atom. The summed E-state index contributed by atoms with van der Waals surface area (Å²) in [4.78, 5) is 9.43. The molecule has 0 fully saturated rings. The van der Waals surface area contributed by atoms with Crippen molar-refractivity contribution in [1.29, 1.82) is 0 Å². The second-order valence-electron chi connectivity index (χ2n) is 5.11. The van der Waals surface area contributed by atoms with Crippen molar-refractivity contribution in [3.05, 3.63) is 40.0 Å². The largest absolute Gasteiger partial charge is 0.376 e. The lowest BCUT2D eigenvalue weighted by molar-refractivity contribution is 0.109. The fraction of sp³-hybridized carbons (Fsp3) is 0.375. The minimum atomic E-state index is 0.581. The molecule has 0 radical (unpaired) electrons. The summed E-state index contributed by atoms with van der Waals surface area (Å²) >= 11 is 6.03. The molecule has 2 heterocycles. The van der Waals surface area contributed by atoms with Gasteiger partial charge in [0.2, 0.25) is 0 Å². The number of aryl methyl sites for hydroxylation is 1. The van der Waals surface area contributed by atoms with Crippen molar-refractivity contribution < 1.29 is 4.74 Å². The third-order valence-corrected chi connectivity index (χ3v) is 3.83. The van der Waals surface area contributed by atoms with Gasteiger partial charge < -0.3 is 10.1 Å². The van der Waals surface area contributed by atoms with Crippen molar-refractivity contribution in [1.82, 2.24) is 9.97 Å². The third kappa shape index (κ3) is 2.87. The number of hydrogen-bond acceptors (Lipinski definition) is 4. The van der Waals surface area contributed by atoms with Crippen LogP contribution in [0.2, 0.25) is 5.02 Å². The number of anilines is 1. The maximum absolute atomic E-state index is 6.03. The number of fused-ring (bicyclic) bond motifs is 1. The Labute approximate surface area is 129 Å². The molecule has 1 aliphatic rings. The lowest BCUT2D eigenvalue weighted by atomic mass is 10.1. The second kappa shape index (κ2) is 6.00. The van der Waals surface area contributed by atoms with Crippen molar-refractivity contribution >= 4 is 17.4 Å². The molecule has 3 rings (SSSR count). The molecule has 21 heavy (non-hydrogen) atoms. The van der Waals surface area contributed by atoms with Crippen LogP contribution < -0.4 is 5.32 Å². The van der Waals surface area contributed by atoms with E-state index in [1.54, 1.807) is 0 Å². The Hall–Kier alpha value is -1.65. The van der Waals surface area contributed by atoms with Crippen LogP contribution >= 0.6 is 11.6 Å². The Morgan fingerprint density at radius 3 is 2.95 bits per heavy atom. The van der Waals surface area contributed by atoms with Crippen LogP contribution in [0.4, 0.5) is 5.82 Å². The predicted octanol–water partition coefficient (Wildman–Crippen LogP) is 3.61. The van der Waals surface area contributed by atoms with Crippen LogP contribution in [0.3, 0.4) is 0 Å². The van der Waals surface area contributed by atoms with Gasteiger partial charge in [-0.2, -0.15) is 0 Å². The first kappa shape index (κ1) is 14.3. The molecule has 1 aliphatic heterocycles. The molecule has 0 bridgehead atoms. The fourth-order valence-electron chi connectivity index (χ4n) is 2.54. The highest BCUT2D eigenvalue weighted by Gasteiger charge is 2.19. The van der Waals surface area contributed by atoms with Gasteiger partial charge in [0.15, 0.2) is 5.82 Å². The average Bonchev–Trinajstić information content (AvgIpc) is 2.47. The number of aromatic nitrogens is 2. The minimum Gasteiger partial charge on any atom is -0.376 e. The van der Waals surface area contributed by atoms with E-state index in [0.29, 0.717) is 13.2 Å². The average molecular weight is 304 g/mol. The van der Waals surface area contributed by atoms with Crippen molar-refractivity contribution in [2.24, 2.45) is 0 Å². The summed E-state index contributed by atoms with van der Waals surface area (Å²) in [5.74, 6) is 1.63. The number of nitrogens with one attached hydrogen (secondary N) is 1. The number of benzene rings is 1. The van der Waals surface area contributed by atoms with E-state index in [0.717, 1.165) is 52.0 Å². The van der Waals surface area contributed by atoms with E-state index in [1.807, 2.05) is 25.1 Å². The van der Waals surface area contributed by atoms with Crippen molar-refractivity contribution in [2.45, 2.75) is 26.9 Å². The van der Waals surface area contributed by atoms with Crippen molar-refractivity contribution in [3.8, 4) is 11.4 Å². The van der Waals surface area contributed by atoms with Gasteiger partial charge in [0, 0.05) is 29.1 Å². The molecule has 0 saturated carbocycles. The van der Waals surface area contributed by atoms with Crippen LogP contribution in [0.15, 0.2) is 18.2 Å². The summed E-state index contributed by atoms with van der Waals surface area (Å²) in [5.41, 5.74) is 4.26. The van der Waals surface area contributed by atoms with Crippen LogP contribution in [0.5, 0.6) is 0 Å². The van der Waals surface area contributed by atoms with E-state index in [4.69, 9.17) is 26.3 Å². The van der Waals surface area contributed by atoms with Gasteiger partial charge in [-0.1, -0.05) is 11.6 Å². The van der Waals surface area contributed by atoms with Crippen LogP contribution in [0, 0.1) is 6.92 Å². The van der Waals surface area contributed by atoms with Crippen molar-refractivity contribution in [2.75, 3.05) is 18.5 Å². The number of nitrogens with zero attached hydrogens (tertiary/aromatic N) is 2. The molecular weight excluding hydrogens is 286 g/mol. The highest BCUT2D eigenvalue weighted by atomic mass is 35.5. The van der Waals surface area contributed by atoms with E-state index >= 15 is 0 Å². The van der Waals surface area contributed by atoms with Crippen molar-refractivity contribution in [3.63, 3.8) is 0 Å². The first-order valence-corrected chi connectivity index (χ1v) is 7.54. The summed E-state index contributed by atoms with van der Waals surface area (Å²) < 4.78 is 5.53. The first-order chi connectivity index (χ1) is 10.2. The molecule has 0 amide bonds.